The van der Waals surface area contributed by atoms with Crippen molar-refractivity contribution in [2.24, 2.45) is 0 Å². The number of carbonyl (C=O) groups excluding carboxylic acids is 2. The Hall–Kier alpha value is -1.78. The fourth-order valence-electron chi connectivity index (χ4n) is 1.80. The fourth-order valence-corrected chi connectivity index (χ4v) is 4.60. The fraction of sp³-hybridized carbons (Fsp3) is 0.375. The zero-order valence-electron chi connectivity index (χ0n) is 14.5. The Morgan fingerprint density at radius 1 is 1.08 bits per heavy atom. The predicted molar refractivity (Wildman–Crippen MR) is 105 cm³/mol. The molecule has 26 heavy (non-hydrogen) atoms. The minimum atomic E-state index is -0.205. The van der Waals surface area contributed by atoms with Crippen molar-refractivity contribution in [1.29, 1.82) is 0 Å². The second-order valence-corrected chi connectivity index (χ2v) is 8.41. The number of hydrogen-bond donors (Lipinski definition) is 2. The van der Waals surface area contributed by atoms with Crippen LogP contribution < -0.4 is 15.4 Å². The summed E-state index contributed by atoms with van der Waals surface area (Å²) in [5, 5.41) is 13.4. The molecule has 0 aliphatic rings. The second kappa shape index (κ2) is 11.0. The molecule has 7 nitrogen and oxygen atoms in total. The van der Waals surface area contributed by atoms with Gasteiger partial charge in [-0.05, 0) is 24.6 Å². The molecule has 0 saturated carbocycles. The zero-order chi connectivity index (χ0) is 18.8. The standard InChI is InChI=1S/C16H20N4O3S3/c1-3-17-13(21)8-18-14(22)10-25-16-20-19-15(26-16)24-9-11-4-6-12(23-2)7-5-11/h4-7H,3,8-10H2,1-2H3,(H,17,21)(H,18,22). The van der Waals surface area contributed by atoms with Crippen molar-refractivity contribution in [3.8, 4) is 5.75 Å². The molecular formula is C16H20N4O3S3. The summed E-state index contributed by atoms with van der Waals surface area (Å²) in [4.78, 5) is 23.0. The van der Waals surface area contributed by atoms with Crippen LogP contribution in [0.4, 0.5) is 0 Å². The van der Waals surface area contributed by atoms with E-state index in [0.717, 1.165) is 20.2 Å². The van der Waals surface area contributed by atoms with Crippen LogP contribution in [0.2, 0.25) is 0 Å². The number of benzene rings is 1. The van der Waals surface area contributed by atoms with Gasteiger partial charge in [-0.2, -0.15) is 0 Å². The summed E-state index contributed by atoms with van der Waals surface area (Å²) >= 11 is 4.37. The van der Waals surface area contributed by atoms with E-state index >= 15 is 0 Å². The summed E-state index contributed by atoms with van der Waals surface area (Å²) in [6.45, 7) is 2.37. The van der Waals surface area contributed by atoms with E-state index in [2.05, 4.69) is 20.8 Å². The van der Waals surface area contributed by atoms with Gasteiger partial charge in [0.1, 0.15) is 5.75 Å². The van der Waals surface area contributed by atoms with Crippen LogP contribution in [0.15, 0.2) is 32.9 Å². The highest BCUT2D eigenvalue weighted by atomic mass is 32.2. The number of likely N-dealkylation sites (N-methyl/N-ethyl adjacent to an activating group) is 1. The molecule has 0 radical (unpaired) electrons. The van der Waals surface area contributed by atoms with Crippen molar-refractivity contribution in [2.45, 2.75) is 21.4 Å². The highest BCUT2D eigenvalue weighted by molar-refractivity contribution is 8.03. The highest BCUT2D eigenvalue weighted by Gasteiger charge is 2.10. The van der Waals surface area contributed by atoms with Crippen LogP contribution in [0.1, 0.15) is 12.5 Å². The Morgan fingerprint density at radius 2 is 1.77 bits per heavy atom. The lowest BCUT2D eigenvalue weighted by Crippen LogP contribution is -2.37. The van der Waals surface area contributed by atoms with Gasteiger partial charge in [0, 0.05) is 12.3 Å². The summed E-state index contributed by atoms with van der Waals surface area (Å²) < 4.78 is 6.72. The van der Waals surface area contributed by atoms with Gasteiger partial charge in [-0.1, -0.05) is 47.0 Å². The van der Waals surface area contributed by atoms with E-state index in [1.165, 1.54) is 28.7 Å². The van der Waals surface area contributed by atoms with Crippen molar-refractivity contribution in [1.82, 2.24) is 20.8 Å². The molecule has 1 aromatic carbocycles. The van der Waals surface area contributed by atoms with Gasteiger partial charge in [-0.25, -0.2) is 0 Å². The molecule has 0 saturated heterocycles. The van der Waals surface area contributed by atoms with Crippen molar-refractivity contribution >= 4 is 46.7 Å². The Morgan fingerprint density at radius 3 is 2.42 bits per heavy atom. The zero-order valence-corrected chi connectivity index (χ0v) is 16.9. The normalized spacial score (nSPS) is 10.4. The van der Waals surface area contributed by atoms with E-state index in [9.17, 15) is 9.59 Å². The number of amides is 2. The topological polar surface area (TPSA) is 93.2 Å². The summed E-state index contributed by atoms with van der Waals surface area (Å²) in [5.74, 6) is 1.43. The first kappa shape index (κ1) is 20.5. The van der Waals surface area contributed by atoms with E-state index in [4.69, 9.17) is 4.74 Å². The van der Waals surface area contributed by atoms with Crippen LogP contribution >= 0.6 is 34.9 Å². The van der Waals surface area contributed by atoms with Crippen molar-refractivity contribution in [3.63, 3.8) is 0 Å². The molecule has 1 aromatic heterocycles. The van der Waals surface area contributed by atoms with E-state index in [1.54, 1.807) is 18.9 Å². The van der Waals surface area contributed by atoms with Gasteiger partial charge in [0.2, 0.25) is 11.8 Å². The smallest absolute Gasteiger partial charge is 0.239 e. The predicted octanol–water partition coefficient (Wildman–Crippen LogP) is 2.18. The Labute approximate surface area is 164 Å². The molecule has 0 aliphatic carbocycles. The molecule has 2 N–H and O–H groups in total. The van der Waals surface area contributed by atoms with Crippen LogP contribution in [0.3, 0.4) is 0 Å². The quantitative estimate of drug-likeness (QED) is 0.578. The minimum Gasteiger partial charge on any atom is -0.497 e. The molecule has 1 heterocycles. The molecule has 140 valence electrons. The van der Waals surface area contributed by atoms with Gasteiger partial charge in [0.25, 0.3) is 0 Å². The number of rotatable bonds is 10. The Kier molecular flexibility index (Phi) is 8.72. The van der Waals surface area contributed by atoms with Gasteiger partial charge in [-0.3, -0.25) is 9.59 Å². The Balaban J connectivity index is 1.71. The summed E-state index contributed by atoms with van der Waals surface area (Å²) in [7, 11) is 1.64. The molecule has 0 fully saturated rings. The summed E-state index contributed by atoms with van der Waals surface area (Å²) in [6.07, 6.45) is 0. The second-order valence-electron chi connectivity index (χ2n) is 4.99. The average molecular weight is 413 g/mol. The lowest BCUT2D eigenvalue weighted by atomic mass is 10.2. The molecule has 0 bridgehead atoms. The maximum atomic E-state index is 11.7. The van der Waals surface area contributed by atoms with Crippen molar-refractivity contribution in [3.05, 3.63) is 29.8 Å². The largest absolute Gasteiger partial charge is 0.497 e. The number of nitrogens with one attached hydrogen (secondary N) is 2. The maximum absolute atomic E-state index is 11.7. The number of thioether (sulfide) groups is 2. The number of carbonyl (C=O) groups is 2. The number of aromatic nitrogens is 2. The van der Waals surface area contributed by atoms with Gasteiger partial charge in [0.15, 0.2) is 8.68 Å². The first-order valence-corrected chi connectivity index (χ1v) is 10.6. The van der Waals surface area contributed by atoms with Crippen LogP contribution in [0.5, 0.6) is 5.75 Å². The summed E-state index contributed by atoms with van der Waals surface area (Å²) in [5.41, 5.74) is 1.17. The van der Waals surface area contributed by atoms with Crippen LogP contribution in [-0.4, -0.2) is 48.0 Å². The average Bonchev–Trinajstić information content (AvgIpc) is 3.11. The molecule has 0 aliphatic heterocycles. The third-order valence-electron chi connectivity index (χ3n) is 3.06. The number of methoxy groups -OCH3 is 1. The number of hydrogen-bond acceptors (Lipinski definition) is 8. The molecule has 0 unspecified atom stereocenters. The van der Waals surface area contributed by atoms with Crippen molar-refractivity contribution in [2.75, 3.05) is 26.0 Å². The van der Waals surface area contributed by atoms with E-state index in [1.807, 2.05) is 31.2 Å². The minimum absolute atomic E-state index is 0.00762. The number of ether oxygens (including phenoxy) is 1. The van der Waals surface area contributed by atoms with Gasteiger partial charge in [0.05, 0.1) is 19.4 Å². The molecule has 2 aromatic rings. The lowest BCUT2D eigenvalue weighted by Gasteiger charge is -2.03. The third kappa shape index (κ3) is 7.22. The molecule has 0 spiro atoms. The molecule has 2 rings (SSSR count). The lowest BCUT2D eigenvalue weighted by molar-refractivity contribution is -0.124. The van der Waals surface area contributed by atoms with E-state index < -0.39 is 0 Å². The third-order valence-corrected chi connectivity index (χ3v) is 6.32. The molecular weight excluding hydrogens is 392 g/mol. The maximum Gasteiger partial charge on any atom is 0.239 e. The van der Waals surface area contributed by atoms with Gasteiger partial charge in [-0.15, -0.1) is 10.2 Å². The molecule has 0 atom stereocenters. The van der Waals surface area contributed by atoms with Crippen LogP contribution in [0.25, 0.3) is 0 Å². The highest BCUT2D eigenvalue weighted by Crippen LogP contribution is 2.30. The van der Waals surface area contributed by atoms with E-state index in [0.29, 0.717) is 6.54 Å². The van der Waals surface area contributed by atoms with Crippen LogP contribution in [-0.2, 0) is 15.3 Å². The first-order valence-electron chi connectivity index (χ1n) is 7.86. The Bertz CT molecular complexity index is 722. The monoisotopic (exact) mass is 412 g/mol. The van der Waals surface area contributed by atoms with Crippen LogP contribution in [0, 0.1) is 0 Å². The van der Waals surface area contributed by atoms with Gasteiger partial charge >= 0.3 is 0 Å². The number of nitrogens with zero attached hydrogens (tertiary/aromatic N) is 2. The summed E-state index contributed by atoms with van der Waals surface area (Å²) in [6, 6.07) is 7.89. The van der Waals surface area contributed by atoms with E-state index in [-0.39, 0.29) is 24.1 Å². The van der Waals surface area contributed by atoms with Crippen molar-refractivity contribution < 1.29 is 14.3 Å². The molecule has 2 amide bonds. The SMILES string of the molecule is CCNC(=O)CNC(=O)CSc1nnc(SCc2ccc(OC)cc2)s1. The molecule has 10 heteroatoms. The first-order chi connectivity index (χ1) is 12.6. The van der Waals surface area contributed by atoms with Gasteiger partial charge < -0.3 is 15.4 Å².